The maximum absolute atomic E-state index is 9.78. The molecule has 0 atom stereocenters. The summed E-state index contributed by atoms with van der Waals surface area (Å²) in [5.41, 5.74) is 0. The SMILES string of the molecule is CSCCCCCNC=O. The van der Waals surface area contributed by atoms with Crippen LogP contribution in [0.5, 0.6) is 0 Å². The fourth-order valence-corrected chi connectivity index (χ4v) is 1.20. The summed E-state index contributed by atoms with van der Waals surface area (Å²) in [5.74, 6) is 1.24. The van der Waals surface area contributed by atoms with E-state index < -0.39 is 0 Å². The summed E-state index contributed by atoms with van der Waals surface area (Å²) in [7, 11) is 0. The second-order valence-electron chi connectivity index (χ2n) is 2.13. The lowest BCUT2D eigenvalue weighted by molar-refractivity contribution is -0.109. The molecule has 10 heavy (non-hydrogen) atoms. The van der Waals surface area contributed by atoms with Gasteiger partial charge in [0, 0.05) is 6.54 Å². The second-order valence-corrected chi connectivity index (χ2v) is 3.11. The van der Waals surface area contributed by atoms with Crippen molar-refractivity contribution in [3.05, 3.63) is 0 Å². The van der Waals surface area contributed by atoms with Gasteiger partial charge in [0.05, 0.1) is 0 Å². The van der Waals surface area contributed by atoms with Crippen LogP contribution in [0.3, 0.4) is 0 Å². The van der Waals surface area contributed by atoms with Gasteiger partial charge in [0.2, 0.25) is 6.41 Å². The molecule has 0 unspecified atom stereocenters. The maximum Gasteiger partial charge on any atom is 0.207 e. The van der Waals surface area contributed by atoms with Crippen molar-refractivity contribution in [2.75, 3.05) is 18.6 Å². The van der Waals surface area contributed by atoms with Gasteiger partial charge in [-0.3, -0.25) is 4.79 Å². The minimum atomic E-state index is 0.759. The minimum absolute atomic E-state index is 0.759. The average molecular weight is 161 g/mol. The van der Waals surface area contributed by atoms with Crippen molar-refractivity contribution in [1.29, 1.82) is 0 Å². The number of amides is 1. The van der Waals surface area contributed by atoms with Crippen LogP contribution < -0.4 is 5.32 Å². The molecule has 60 valence electrons. The number of carbonyl (C=O) groups excluding carboxylic acids is 1. The lowest BCUT2D eigenvalue weighted by Crippen LogP contribution is -2.11. The molecule has 0 aliphatic heterocycles. The Balaban J connectivity index is 2.70. The lowest BCUT2D eigenvalue weighted by atomic mass is 10.2. The van der Waals surface area contributed by atoms with Crippen LogP contribution in [0.15, 0.2) is 0 Å². The predicted molar refractivity (Wildman–Crippen MR) is 46.3 cm³/mol. The summed E-state index contributed by atoms with van der Waals surface area (Å²) in [6.45, 7) is 0.831. The first-order valence-electron chi connectivity index (χ1n) is 3.57. The Kier molecular flexibility index (Phi) is 8.66. The zero-order valence-corrected chi connectivity index (χ0v) is 7.25. The topological polar surface area (TPSA) is 29.1 Å². The molecule has 0 aromatic heterocycles. The van der Waals surface area contributed by atoms with E-state index in [1.807, 2.05) is 11.8 Å². The molecule has 0 fully saturated rings. The van der Waals surface area contributed by atoms with E-state index in [9.17, 15) is 4.79 Å². The number of rotatable bonds is 7. The molecule has 0 aliphatic carbocycles. The van der Waals surface area contributed by atoms with Crippen molar-refractivity contribution in [1.82, 2.24) is 5.32 Å². The summed E-state index contributed by atoms with van der Waals surface area (Å²) in [6, 6.07) is 0. The molecule has 1 amide bonds. The van der Waals surface area contributed by atoms with Crippen LogP contribution in [-0.2, 0) is 4.79 Å². The van der Waals surface area contributed by atoms with Gasteiger partial charge in [0.15, 0.2) is 0 Å². The molecule has 0 spiro atoms. The molecule has 0 saturated heterocycles. The van der Waals surface area contributed by atoms with Gasteiger partial charge in [-0.2, -0.15) is 11.8 Å². The van der Waals surface area contributed by atoms with Gasteiger partial charge in [-0.1, -0.05) is 6.42 Å². The molecular formula is C7H15NOS. The summed E-state index contributed by atoms with van der Waals surface area (Å²) in [5, 5.41) is 2.64. The van der Waals surface area contributed by atoms with Crippen molar-refractivity contribution >= 4 is 18.2 Å². The first kappa shape index (κ1) is 9.82. The quantitative estimate of drug-likeness (QED) is 0.450. The number of thioether (sulfide) groups is 1. The molecule has 0 aromatic rings. The zero-order valence-electron chi connectivity index (χ0n) is 6.43. The van der Waals surface area contributed by atoms with Crippen molar-refractivity contribution in [3.63, 3.8) is 0 Å². The number of hydrogen-bond acceptors (Lipinski definition) is 2. The fourth-order valence-electron chi connectivity index (χ4n) is 0.709. The molecule has 0 aromatic carbocycles. The van der Waals surface area contributed by atoms with E-state index in [2.05, 4.69) is 11.6 Å². The Hall–Kier alpha value is -0.180. The van der Waals surface area contributed by atoms with Gasteiger partial charge >= 0.3 is 0 Å². The largest absolute Gasteiger partial charge is 0.359 e. The highest BCUT2D eigenvalue weighted by Gasteiger charge is 1.86. The summed E-state index contributed by atoms with van der Waals surface area (Å²) in [4.78, 5) is 9.78. The van der Waals surface area contributed by atoms with E-state index in [1.165, 1.54) is 18.6 Å². The minimum Gasteiger partial charge on any atom is -0.359 e. The third-order valence-corrected chi connectivity index (χ3v) is 1.95. The van der Waals surface area contributed by atoms with E-state index in [-0.39, 0.29) is 0 Å². The van der Waals surface area contributed by atoms with Crippen molar-refractivity contribution in [2.45, 2.75) is 19.3 Å². The highest BCUT2D eigenvalue weighted by atomic mass is 32.2. The predicted octanol–water partition coefficient (Wildman–Crippen LogP) is 1.27. The summed E-state index contributed by atoms with van der Waals surface area (Å²) >= 11 is 1.88. The number of nitrogens with one attached hydrogen (secondary N) is 1. The molecule has 0 radical (unpaired) electrons. The van der Waals surface area contributed by atoms with Crippen LogP contribution in [-0.4, -0.2) is 25.0 Å². The smallest absolute Gasteiger partial charge is 0.207 e. The van der Waals surface area contributed by atoms with Gasteiger partial charge < -0.3 is 5.32 Å². The van der Waals surface area contributed by atoms with E-state index in [0.29, 0.717) is 0 Å². The first-order valence-corrected chi connectivity index (χ1v) is 4.97. The molecule has 3 heteroatoms. The Morgan fingerprint density at radius 1 is 1.40 bits per heavy atom. The second kappa shape index (κ2) is 8.82. The Labute approximate surface area is 66.8 Å². The van der Waals surface area contributed by atoms with Crippen LogP contribution in [0.1, 0.15) is 19.3 Å². The standard InChI is InChI=1S/C7H15NOS/c1-10-6-4-2-3-5-8-7-9/h7H,2-6H2,1H3,(H,8,9). The fraction of sp³-hybridized carbons (Fsp3) is 0.857. The molecule has 0 aliphatic rings. The third-order valence-electron chi connectivity index (χ3n) is 1.25. The molecular weight excluding hydrogens is 146 g/mol. The average Bonchev–Trinajstić information content (AvgIpc) is 1.97. The molecule has 1 N–H and O–H groups in total. The van der Waals surface area contributed by atoms with Crippen LogP contribution in [0.25, 0.3) is 0 Å². The van der Waals surface area contributed by atoms with Gasteiger partial charge in [0.1, 0.15) is 0 Å². The Morgan fingerprint density at radius 3 is 2.80 bits per heavy atom. The molecule has 0 heterocycles. The lowest BCUT2D eigenvalue weighted by Gasteiger charge is -1.97. The summed E-state index contributed by atoms with van der Waals surface area (Å²) in [6.07, 6.45) is 6.47. The molecule has 0 rings (SSSR count). The third kappa shape index (κ3) is 7.82. The Bertz CT molecular complexity index is 78.0. The number of unbranched alkanes of at least 4 members (excludes halogenated alkanes) is 2. The van der Waals surface area contributed by atoms with Gasteiger partial charge in [-0.05, 0) is 24.9 Å². The van der Waals surface area contributed by atoms with E-state index in [4.69, 9.17) is 0 Å². The van der Waals surface area contributed by atoms with Gasteiger partial charge in [-0.25, -0.2) is 0 Å². The molecule has 0 saturated carbocycles. The van der Waals surface area contributed by atoms with Gasteiger partial charge in [-0.15, -0.1) is 0 Å². The first-order chi connectivity index (χ1) is 4.91. The van der Waals surface area contributed by atoms with Crippen molar-refractivity contribution < 1.29 is 4.79 Å². The summed E-state index contributed by atoms with van der Waals surface area (Å²) < 4.78 is 0. The van der Waals surface area contributed by atoms with Crippen LogP contribution >= 0.6 is 11.8 Å². The normalized spacial score (nSPS) is 9.30. The van der Waals surface area contributed by atoms with Crippen molar-refractivity contribution in [3.8, 4) is 0 Å². The monoisotopic (exact) mass is 161 g/mol. The zero-order chi connectivity index (χ0) is 7.66. The van der Waals surface area contributed by atoms with Crippen LogP contribution in [0.4, 0.5) is 0 Å². The van der Waals surface area contributed by atoms with E-state index >= 15 is 0 Å². The molecule has 0 bridgehead atoms. The van der Waals surface area contributed by atoms with Crippen molar-refractivity contribution in [2.24, 2.45) is 0 Å². The van der Waals surface area contributed by atoms with E-state index in [1.54, 1.807) is 0 Å². The van der Waals surface area contributed by atoms with Crippen LogP contribution in [0.2, 0.25) is 0 Å². The highest BCUT2D eigenvalue weighted by molar-refractivity contribution is 7.98. The number of hydrogen-bond donors (Lipinski definition) is 1. The highest BCUT2D eigenvalue weighted by Crippen LogP contribution is 2.00. The molecule has 2 nitrogen and oxygen atoms in total. The van der Waals surface area contributed by atoms with Gasteiger partial charge in [0.25, 0.3) is 0 Å². The maximum atomic E-state index is 9.78. The number of carbonyl (C=O) groups is 1. The Morgan fingerprint density at radius 2 is 2.20 bits per heavy atom. The van der Waals surface area contributed by atoms with Crippen LogP contribution in [0, 0.1) is 0 Å². The van der Waals surface area contributed by atoms with E-state index in [0.717, 1.165) is 19.4 Å².